The van der Waals surface area contributed by atoms with Crippen molar-refractivity contribution in [2.75, 3.05) is 0 Å². The molecule has 0 aromatic heterocycles. The van der Waals surface area contributed by atoms with Gasteiger partial charge in [0.25, 0.3) is 0 Å². The zero-order chi connectivity index (χ0) is 13.0. The first-order chi connectivity index (χ1) is 8.00. The van der Waals surface area contributed by atoms with Crippen molar-refractivity contribution in [2.45, 2.75) is 0 Å². The Balaban J connectivity index is 0. The first-order valence-corrected chi connectivity index (χ1v) is 6.17. The van der Waals surface area contributed by atoms with Crippen molar-refractivity contribution < 1.29 is 41.6 Å². The van der Waals surface area contributed by atoms with Crippen LogP contribution in [-0.4, -0.2) is 14.7 Å². The van der Waals surface area contributed by atoms with Gasteiger partial charge in [0, 0.05) is 22.4 Å². The van der Waals surface area contributed by atoms with Gasteiger partial charge >= 0.3 is 7.82 Å². The maximum absolute atomic E-state index is 8.88. The SMILES string of the molecule is O=P(O)(O)O.[Ag].[c-]1ccccc1.[c-]1ccccc1. The summed E-state index contributed by atoms with van der Waals surface area (Å²) in [5.41, 5.74) is 0. The van der Waals surface area contributed by atoms with E-state index < -0.39 is 7.82 Å². The first kappa shape index (κ1) is 19.6. The zero-order valence-corrected chi connectivity index (χ0v) is 11.6. The van der Waals surface area contributed by atoms with E-state index in [-0.39, 0.29) is 22.4 Å². The summed E-state index contributed by atoms with van der Waals surface area (Å²) in [6.07, 6.45) is 0. The molecule has 0 amide bonds. The van der Waals surface area contributed by atoms with Crippen LogP contribution in [0.5, 0.6) is 0 Å². The van der Waals surface area contributed by atoms with E-state index >= 15 is 0 Å². The van der Waals surface area contributed by atoms with Crippen LogP contribution in [0.25, 0.3) is 0 Å². The van der Waals surface area contributed by atoms with Gasteiger partial charge in [0.15, 0.2) is 0 Å². The second kappa shape index (κ2) is 12.7. The fraction of sp³-hybridized carbons (Fsp3) is 0. The monoisotopic (exact) mass is 359 g/mol. The van der Waals surface area contributed by atoms with Crippen molar-refractivity contribution in [1.29, 1.82) is 0 Å². The van der Waals surface area contributed by atoms with E-state index in [2.05, 4.69) is 12.1 Å². The van der Waals surface area contributed by atoms with Crippen molar-refractivity contribution >= 4 is 7.82 Å². The van der Waals surface area contributed by atoms with E-state index in [1.165, 1.54) is 0 Å². The molecule has 4 nitrogen and oxygen atoms in total. The summed E-state index contributed by atoms with van der Waals surface area (Å²) in [5, 5.41) is 0. The Hall–Kier alpha value is -0.710. The molecule has 2 rings (SSSR count). The molecule has 0 saturated carbocycles. The normalized spacial score (nSPS) is 8.61. The first-order valence-electron chi connectivity index (χ1n) is 4.60. The standard InChI is InChI=1S/2C6H5.Ag.H3O4P/c2*1-2-4-6-5-3-1;;1-5(2,3)4/h2*1-5H;;(H3,1,2,3,4)/q2*-1;;. The Kier molecular flexibility index (Phi) is 13.9. The molecule has 2 aromatic rings. The third kappa shape index (κ3) is 24.5. The summed E-state index contributed by atoms with van der Waals surface area (Å²) in [6, 6.07) is 25.0. The molecule has 1 radical (unpaired) electrons. The Bertz CT molecular complexity index is 312. The van der Waals surface area contributed by atoms with Crippen LogP contribution in [0.4, 0.5) is 0 Å². The van der Waals surface area contributed by atoms with Gasteiger partial charge in [0.2, 0.25) is 0 Å². The molecule has 0 aliphatic carbocycles. The van der Waals surface area contributed by atoms with Gasteiger partial charge < -0.3 is 14.7 Å². The maximum Gasteiger partial charge on any atom is 0.466 e. The molecule has 2 aromatic carbocycles. The second-order valence-corrected chi connectivity index (χ2v) is 3.69. The van der Waals surface area contributed by atoms with E-state index in [0.29, 0.717) is 0 Å². The molecule has 18 heavy (non-hydrogen) atoms. The number of hydrogen-bond donors (Lipinski definition) is 3. The maximum atomic E-state index is 8.88. The van der Waals surface area contributed by atoms with Gasteiger partial charge in [-0.3, -0.25) is 0 Å². The van der Waals surface area contributed by atoms with E-state index in [0.717, 1.165) is 0 Å². The van der Waals surface area contributed by atoms with Crippen molar-refractivity contribution in [3.63, 3.8) is 0 Å². The van der Waals surface area contributed by atoms with Crippen LogP contribution in [0.15, 0.2) is 60.7 Å². The summed E-state index contributed by atoms with van der Waals surface area (Å²) in [6.45, 7) is 0. The fourth-order valence-corrected chi connectivity index (χ4v) is 0.684. The van der Waals surface area contributed by atoms with Crippen molar-refractivity contribution in [3.8, 4) is 0 Å². The van der Waals surface area contributed by atoms with Crippen LogP contribution < -0.4 is 0 Å². The quantitative estimate of drug-likeness (QED) is 0.382. The van der Waals surface area contributed by atoms with Gasteiger partial charge in [-0.2, -0.15) is 72.8 Å². The topological polar surface area (TPSA) is 77.8 Å². The third-order valence-corrected chi connectivity index (χ3v) is 1.21. The zero-order valence-electron chi connectivity index (χ0n) is 9.27. The molecule has 6 heteroatoms. The Morgan fingerprint density at radius 1 is 0.667 bits per heavy atom. The van der Waals surface area contributed by atoms with E-state index in [9.17, 15) is 0 Å². The molecule has 103 valence electrons. The van der Waals surface area contributed by atoms with Gasteiger partial charge in [-0.25, -0.2) is 4.57 Å². The van der Waals surface area contributed by atoms with Gasteiger partial charge in [-0.1, -0.05) is 0 Å². The van der Waals surface area contributed by atoms with Crippen LogP contribution >= 0.6 is 7.82 Å². The fourth-order valence-electron chi connectivity index (χ4n) is 0.684. The molecule has 0 aliphatic heterocycles. The Morgan fingerprint density at radius 3 is 0.944 bits per heavy atom. The predicted octanol–water partition coefficient (Wildman–Crippen LogP) is 2.04. The summed E-state index contributed by atoms with van der Waals surface area (Å²) >= 11 is 0. The largest absolute Gasteiger partial charge is 0.466 e. The molecule has 0 bridgehead atoms. The molecule has 0 spiro atoms. The Labute approximate surface area is 122 Å². The van der Waals surface area contributed by atoms with Gasteiger partial charge in [-0.15, -0.1) is 0 Å². The predicted molar refractivity (Wildman–Crippen MR) is 64.8 cm³/mol. The van der Waals surface area contributed by atoms with Crippen LogP contribution in [-0.2, 0) is 26.9 Å². The van der Waals surface area contributed by atoms with Gasteiger partial charge in [0.05, 0.1) is 0 Å². The van der Waals surface area contributed by atoms with E-state index in [1.54, 1.807) is 0 Å². The minimum atomic E-state index is -4.64. The van der Waals surface area contributed by atoms with E-state index in [4.69, 9.17) is 19.2 Å². The smallest absolute Gasteiger partial charge is 0.303 e. The summed E-state index contributed by atoms with van der Waals surface area (Å²) in [5.74, 6) is 0. The number of hydrogen-bond acceptors (Lipinski definition) is 1. The average Bonchev–Trinajstić information content (AvgIpc) is 2.32. The molecule has 0 atom stereocenters. The van der Waals surface area contributed by atoms with Crippen molar-refractivity contribution in [2.24, 2.45) is 0 Å². The number of rotatable bonds is 0. The van der Waals surface area contributed by atoms with Crippen LogP contribution in [0.2, 0.25) is 0 Å². The molecule has 0 fully saturated rings. The molecule has 0 saturated heterocycles. The molecular weight excluding hydrogens is 347 g/mol. The Morgan fingerprint density at radius 2 is 0.889 bits per heavy atom. The van der Waals surface area contributed by atoms with Crippen LogP contribution in [0, 0.1) is 12.1 Å². The number of phosphoric acid groups is 1. The molecule has 0 heterocycles. The van der Waals surface area contributed by atoms with Crippen molar-refractivity contribution in [3.05, 3.63) is 72.8 Å². The van der Waals surface area contributed by atoms with Crippen LogP contribution in [0.3, 0.4) is 0 Å². The summed E-state index contributed by atoms with van der Waals surface area (Å²) < 4.78 is 8.88. The molecule has 0 aliphatic rings. The minimum Gasteiger partial charge on any atom is -0.303 e. The van der Waals surface area contributed by atoms with Gasteiger partial charge in [0.1, 0.15) is 0 Å². The van der Waals surface area contributed by atoms with Crippen molar-refractivity contribution in [1.82, 2.24) is 0 Å². The molecule has 3 N–H and O–H groups in total. The molecular formula is C12H13AgO4P-2. The second-order valence-electron chi connectivity index (χ2n) is 2.67. The molecule has 0 unspecified atom stereocenters. The van der Waals surface area contributed by atoms with Gasteiger partial charge in [-0.05, 0) is 0 Å². The minimum absolute atomic E-state index is 0. The van der Waals surface area contributed by atoms with E-state index in [1.807, 2.05) is 60.7 Å². The summed E-state index contributed by atoms with van der Waals surface area (Å²) in [7, 11) is -4.64. The number of benzene rings is 2. The average molecular weight is 360 g/mol. The summed E-state index contributed by atoms with van der Waals surface area (Å²) in [4.78, 5) is 21.6. The third-order valence-electron chi connectivity index (χ3n) is 1.21. The van der Waals surface area contributed by atoms with Crippen LogP contribution in [0.1, 0.15) is 0 Å².